The van der Waals surface area contributed by atoms with E-state index in [4.69, 9.17) is 0 Å². The number of aromatic nitrogens is 2. The molecule has 4 rings (SSSR count). The number of fused-ring (bicyclic) bond motifs is 2. The maximum absolute atomic E-state index is 12.4. The number of hydrogen-bond donors (Lipinski definition) is 3. The Morgan fingerprint density at radius 1 is 1.27 bits per heavy atom. The lowest BCUT2D eigenvalue weighted by Crippen LogP contribution is -2.30. The molecule has 0 spiro atoms. The van der Waals surface area contributed by atoms with E-state index in [0.717, 1.165) is 16.6 Å². The van der Waals surface area contributed by atoms with E-state index in [1.165, 1.54) is 29.4 Å². The lowest BCUT2D eigenvalue weighted by atomic mass is 9.80. The summed E-state index contributed by atoms with van der Waals surface area (Å²) in [6.45, 7) is 2.40. The summed E-state index contributed by atoms with van der Waals surface area (Å²) in [4.78, 5) is 14.6. The summed E-state index contributed by atoms with van der Waals surface area (Å²) in [5.74, 6) is 0.119. The van der Waals surface area contributed by atoms with Crippen LogP contribution in [0.2, 0.25) is 0 Å². The number of rotatable bonds is 4. The van der Waals surface area contributed by atoms with Crippen LogP contribution in [0.25, 0.3) is 11.0 Å². The summed E-state index contributed by atoms with van der Waals surface area (Å²) in [6, 6.07) is 9.44. The Morgan fingerprint density at radius 3 is 2.73 bits per heavy atom. The molecule has 0 saturated heterocycles. The smallest absolute Gasteiger partial charge is 0.423 e. The largest absolute Gasteiger partial charge is 0.488 e. The van der Waals surface area contributed by atoms with E-state index in [2.05, 4.69) is 14.5 Å². The molecule has 3 N–H and O–H groups in total. The van der Waals surface area contributed by atoms with Crippen LogP contribution >= 0.6 is 0 Å². The number of imidazole rings is 1. The fourth-order valence-electron chi connectivity index (χ4n) is 3.32. The second-order valence-corrected chi connectivity index (χ2v) is 8.31. The Balaban J connectivity index is 1.67. The van der Waals surface area contributed by atoms with Gasteiger partial charge in [0.05, 0.1) is 17.2 Å². The molecule has 0 radical (unpaired) electrons. The molecule has 1 aromatic heterocycles. The molecule has 0 bridgehead atoms. The van der Waals surface area contributed by atoms with Gasteiger partial charge in [-0.25, -0.2) is 9.80 Å². The minimum Gasteiger partial charge on any atom is -0.423 e. The van der Waals surface area contributed by atoms with Crippen molar-refractivity contribution in [3.8, 4) is 0 Å². The van der Waals surface area contributed by atoms with E-state index < -0.39 is 17.1 Å². The maximum atomic E-state index is 12.4. The second kappa shape index (κ2) is 7.24. The van der Waals surface area contributed by atoms with Crippen LogP contribution in [-0.2, 0) is 16.6 Å². The molecule has 12 heteroatoms. The molecule has 0 amide bonds. The summed E-state index contributed by atoms with van der Waals surface area (Å²) in [7, 11) is -4.19. The minimum atomic E-state index is -3.97. The molecule has 2 aromatic carbocycles. The van der Waals surface area contributed by atoms with Gasteiger partial charge < -0.3 is 15.0 Å². The van der Waals surface area contributed by atoms with Crippen LogP contribution in [0.4, 0.5) is 0 Å². The van der Waals surface area contributed by atoms with Gasteiger partial charge in [0.2, 0.25) is 0 Å². The molecule has 0 saturated carbocycles. The third-order valence-electron chi connectivity index (χ3n) is 4.83. The maximum Gasteiger partial charge on any atom is 0.488 e. The van der Waals surface area contributed by atoms with Gasteiger partial charge in [0.15, 0.2) is 5.84 Å². The zero-order valence-corrected chi connectivity index (χ0v) is 17.0. The molecular weight excluding hydrogens is 409 g/mol. The van der Waals surface area contributed by atoms with Crippen LogP contribution in [0.5, 0.6) is 0 Å². The standard InChI is InChI=1S/C18H18BN5O5S/c1-3-24-15-8-11(4-7-14(15)21-18(24)25)10-20-23(2)17-13-6-5-12(19(26)27)9-16(13)30(28,29)22-17/h4-10,26-27H,3H2,1-2H3,(H,21,25)/b20-10+. The lowest BCUT2D eigenvalue weighted by molar-refractivity contribution is 0.425. The highest BCUT2D eigenvalue weighted by Crippen LogP contribution is 2.26. The average molecular weight is 427 g/mol. The molecule has 1 aliphatic heterocycles. The van der Waals surface area contributed by atoms with E-state index in [1.54, 1.807) is 23.7 Å². The summed E-state index contributed by atoms with van der Waals surface area (Å²) in [5.41, 5.74) is 2.37. The predicted molar refractivity (Wildman–Crippen MR) is 114 cm³/mol. The number of hydrazone groups is 1. The third-order valence-corrected chi connectivity index (χ3v) is 6.14. The monoisotopic (exact) mass is 427 g/mol. The van der Waals surface area contributed by atoms with Crippen molar-refractivity contribution in [1.82, 2.24) is 14.6 Å². The van der Waals surface area contributed by atoms with Crippen molar-refractivity contribution in [2.45, 2.75) is 18.4 Å². The van der Waals surface area contributed by atoms with Crippen molar-refractivity contribution in [2.75, 3.05) is 7.05 Å². The van der Waals surface area contributed by atoms with Crippen LogP contribution in [0.3, 0.4) is 0 Å². The van der Waals surface area contributed by atoms with Gasteiger partial charge in [0.25, 0.3) is 10.0 Å². The topological polar surface area (TPSA) is 140 Å². The first kappa shape index (κ1) is 20.1. The van der Waals surface area contributed by atoms with E-state index >= 15 is 0 Å². The molecule has 154 valence electrons. The second-order valence-electron chi connectivity index (χ2n) is 6.74. The number of benzene rings is 2. The molecule has 0 aliphatic carbocycles. The number of H-pyrrole nitrogens is 1. The minimum absolute atomic E-state index is 0.0571. The van der Waals surface area contributed by atoms with Gasteiger partial charge in [-0.15, -0.1) is 4.40 Å². The zero-order valence-electron chi connectivity index (χ0n) is 16.1. The highest BCUT2D eigenvalue weighted by molar-refractivity contribution is 7.90. The number of sulfonamides is 1. The molecule has 30 heavy (non-hydrogen) atoms. The van der Waals surface area contributed by atoms with Crippen molar-refractivity contribution >= 4 is 45.7 Å². The van der Waals surface area contributed by atoms with Crippen molar-refractivity contribution in [3.05, 3.63) is 58.0 Å². The number of aryl methyl sites for hydroxylation is 1. The third kappa shape index (κ3) is 3.34. The first-order chi connectivity index (χ1) is 14.2. The summed E-state index contributed by atoms with van der Waals surface area (Å²) in [6.07, 6.45) is 1.54. The molecule has 2 heterocycles. The Morgan fingerprint density at radius 2 is 2.03 bits per heavy atom. The van der Waals surface area contributed by atoms with Crippen LogP contribution in [0.15, 0.2) is 55.6 Å². The SMILES string of the molecule is CCn1c(=O)[nH]c2ccc(/C=N/N(C)C3=NS(=O)(=O)c4cc(B(O)O)ccc43)cc21. The van der Waals surface area contributed by atoms with Crippen LogP contribution in [0.1, 0.15) is 18.1 Å². The summed E-state index contributed by atoms with van der Waals surface area (Å²) >= 11 is 0. The lowest BCUT2D eigenvalue weighted by Gasteiger charge is -2.13. The van der Waals surface area contributed by atoms with Gasteiger partial charge >= 0.3 is 12.8 Å². The van der Waals surface area contributed by atoms with Gasteiger partial charge in [0.1, 0.15) is 4.90 Å². The summed E-state index contributed by atoms with van der Waals surface area (Å²) in [5, 5.41) is 24.2. The Kier molecular flexibility index (Phi) is 4.84. The van der Waals surface area contributed by atoms with Gasteiger partial charge in [-0.3, -0.25) is 4.57 Å². The van der Waals surface area contributed by atoms with Gasteiger partial charge in [-0.1, -0.05) is 18.2 Å². The van der Waals surface area contributed by atoms with E-state index in [1.807, 2.05) is 13.0 Å². The first-order valence-corrected chi connectivity index (χ1v) is 10.5. The highest BCUT2D eigenvalue weighted by Gasteiger charge is 2.32. The molecule has 0 fully saturated rings. The molecule has 0 unspecified atom stereocenters. The molecule has 0 atom stereocenters. The Bertz CT molecular complexity index is 1370. The molecular formula is C18H18BN5O5S. The van der Waals surface area contributed by atoms with E-state index in [9.17, 15) is 23.3 Å². The Hall–Kier alpha value is -3.22. The zero-order chi connectivity index (χ0) is 21.6. The van der Waals surface area contributed by atoms with E-state index in [-0.39, 0.29) is 21.9 Å². The number of hydrogen-bond acceptors (Lipinski definition) is 7. The molecule has 1 aliphatic rings. The number of aromatic amines is 1. The van der Waals surface area contributed by atoms with Gasteiger partial charge in [-0.05, 0) is 36.1 Å². The van der Waals surface area contributed by atoms with Crippen molar-refractivity contribution in [2.24, 2.45) is 9.50 Å². The highest BCUT2D eigenvalue weighted by atomic mass is 32.2. The van der Waals surface area contributed by atoms with E-state index in [0.29, 0.717) is 12.1 Å². The van der Waals surface area contributed by atoms with Gasteiger partial charge in [-0.2, -0.15) is 13.5 Å². The average Bonchev–Trinajstić information content (AvgIpc) is 3.17. The fraction of sp³-hybridized carbons (Fsp3) is 0.167. The first-order valence-electron chi connectivity index (χ1n) is 9.07. The molecule has 3 aromatic rings. The number of nitrogens with one attached hydrogen (secondary N) is 1. The number of nitrogens with zero attached hydrogens (tertiary/aromatic N) is 4. The van der Waals surface area contributed by atoms with Crippen LogP contribution in [-0.4, -0.2) is 59.2 Å². The van der Waals surface area contributed by atoms with Gasteiger partial charge in [0, 0.05) is 19.2 Å². The summed E-state index contributed by atoms with van der Waals surface area (Å²) < 4.78 is 30.1. The normalized spacial score (nSPS) is 14.9. The Labute approximate surface area is 172 Å². The quantitative estimate of drug-likeness (QED) is 0.290. The predicted octanol–water partition coefficient (Wildman–Crippen LogP) is -0.556. The van der Waals surface area contributed by atoms with Crippen molar-refractivity contribution < 1.29 is 18.5 Å². The molecule has 10 nitrogen and oxygen atoms in total. The van der Waals surface area contributed by atoms with Crippen LogP contribution in [0, 0.1) is 0 Å². The van der Waals surface area contributed by atoms with Crippen molar-refractivity contribution in [3.63, 3.8) is 0 Å². The fourth-order valence-corrected chi connectivity index (χ4v) is 4.58. The van der Waals surface area contributed by atoms with Crippen LogP contribution < -0.4 is 11.2 Å². The number of amidine groups is 1. The van der Waals surface area contributed by atoms with Crippen molar-refractivity contribution in [1.29, 1.82) is 0 Å².